The molecule has 2 aromatic rings. The minimum atomic E-state index is -0.410. The summed E-state index contributed by atoms with van der Waals surface area (Å²) < 4.78 is 13.4. The number of benzene rings is 2. The van der Waals surface area contributed by atoms with E-state index < -0.39 is 5.82 Å². The Morgan fingerprint density at radius 3 is 2.52 bits per heavy atom. The van der Waals surface area contributed by atoms with Crippen LogP contribution in [0.15, 0.2) is 48.5 Å². The van der Waals surface area contributed by atoms with Gasteiger partial charge in [0.05, 0.1) is 0 Å². The van der Waals surface area contributed by atoms with Crippen molar-refractivity contribution < 1.29 is 14.0 Å². The van der Waals surface area contributed by atoms with E-state index >= 15 is 0 Å². The minimum Gasteiger partial charge on any atom is -0.339 e. The molecule has 0 aromatic heterocycles. The van der Waals surface area contributed by atoms with Crippen molar-refractivity contribution in [3.8, 4) is 0 Å². The Morgan fingerprint density at radius 1 is 1.04 bits per heavy atom. The Balaban J connectivity index is 1.42. The minimum absolute atomic E-state index is 0.0739. The third-order valence-corrected chi connectivity index (χ3v) is 5.65. The zero-order valence-corrected chi connectivity index (χ0v) is 15.4. The van der Waals surface area contributed by atoms with Crippen LogP contribution in [0, 0.1) is 11.7 Å². The van der Waals surface area contributed by atoms with Crippen molar-refractivity contribution in [2.75, 3.05) is 18.0 Å². The normalized spacial score (nSPS) is 19.9. The maximum absolute atomic E-state index is 13.4. The standard InChI is InChI=1S/C22H23FN2O2/c1-15-13-17-5-2-3-8-20(17)25(15)22(27)16-9-11-24(12-10-16)21(26)18-6-4-7-19(23)14-18/h2-8,14-16H,9-13H2,1H3. The second-order valence-electron chi connectivity index (χ2n) is 7.47. The van der Waals surface area contributed by atoms with Crippen molar-refractivity contribution in [3.63, 3.8) is 0 Å². The Morgan fingerprint density at radius 2 is 1.78 bits per heavy atom. The summed E-state index contributed by atoms with van der Waals surface area (Å²) in [6.45, 7) is 3.13. The summed E-state index contributed by atoms with van der Waals surface area (Å²) in [5.74, 6) is -0.492. The average molecular weight is 366 g/mol. The first-order valence-corrected chi connectivity index (χ1v) is 9.50. The van der Waals surface area contributed by atoms with Crippen LogP contribution in [0.25, 0.3) is 0 Å². The largest absolute Gasteiger partial charge is 0.339 e. The number of fused-ring (bicyclic) bond motifs is 1. The summed E-state index contributed by atoms with van der Waals surface area (Å²) in [5, 5.41) is 0. The van der Waals surface area contributed by atoms with Crippen LogP contribution in [-0.2, 0) is 11.2 Å². The first-order chi connectivity index (χ1) is 13.0. The lowest BCUT2D eigenvalue weighted by molar-refractivity contribution is -0.124. The van der Waals surface area contributed by atoms with Crippen LogP contribution in [0.4, 0.5) is 10.1 Å². The lowest BCUT2D eigenvalue weighted by atomic mass is 9.94. The molecule has 0 saturated carbocycles. The number of hydrogen-bond acceptors (Lipinski definition) is 2. The Hall–Kier alpha value is -2.69. The number of piperidine rings is 1. The van der Waals surface area contributed by atoms with Crippen LogP contribution in [0.3, 0.4) is 0 Å². The van der Waals surface area contributed by atoms with E-state index in [4.69, 9.17) is 0 Å². The molecule has 4 rings (SSSR count). The summed E-state index contributed by atoms with van der Waals surface area (Å²) >= 11 is 0. The zero-order valence-electron chi connectivity index (χ0n) is 15.4. The summed E-state index contributed by atoms with van der Waals surface area (Å²) in [5.41, 5.74) is 2.60. The molecule has 1 atom stereocenters. The van der Waals surface area contributed by atoms with E-state index in [1.807, 2.05) is 23.1 Å². The molecule has 0 bridgehead atoms. The summed E-state index contributed by atoms with van der Waals surface area (Å²) in [7, 11) is 0. The van der Waals surface area contributed by atoms with Crippen molar-refractivity contribution in [2.45, 2.75) is 32.2 Å². The fourth-order valence-corrected chi connectivity index (χ4v) is 4.23. The van der Waals surface area contributed by atoms with Crippen molar-refractivity contribution in [3.05, 3.63) is 65.5 Å². The molecule has 2 aromatic carbocycles. The monoisotopic (exact) mass is 366 g/mol. The number of amides is 2. The maximum Gasteiger partial charge on any atom is 0.253 e. The highest BCUT2D eigenvalue weighted by atomic mass is 19.1. The van der Waals surface area contributed by atoms with Gasteiger partial charge in [0.1, 0.15) is 5.82 Å². The van der Waals surface area contributed by atoms with E-state index in [0.29, 0.717) is 31.5 Å². The molecule has 2 aliphatic heterocycles. The highest BCUT2D eigenvalue weighted by molar-refractivity contribution is 5.98. The Bertz CT molecular complexity index is 874. The van der Waals surface area contributed by atoms with Gasteiger partial charge >= 0.3 is 0 Å². The zero-order chi connectivity index (χ0) is 19.0. The van der Waals surface area contributed by atoms with Gasteiger partial charge < -0.3 is 9.80 Å². The first kappa shape index (κ1) is 17.7. The van der Waals surface area contributed by atoms with Gasteiger partial charge in [-0.3, -0.25) is 9.59 Å². The molecule has 27 heavy (non-hydrogen) atoms. The molecule has 0 N–H and O–H groups in total. The van der Waals surface area contributed by atoms with E-state index in [9.17, 15) is 14.0 Å². The number of anilines is 1. The first-order valence-electron chi connectivity index (χ1n) is 9.50. The van der Waals surface area contributed by atoms with E-state index in [2.05, 4.69) is 13.0 Å². The maximum atomic E-state index is 13.4. The van der Waals surface area contributed by atoms with Crippen molar-refractivity contribution in [1.29, 1.82) is 0 Å². The lowest BCUT2D eigenvalue weighted by Gasteiger charge is -2.34. The molecule has 0 radical (unpaired) electrons. The molecular formula is C22H23FN2O2. The van der Waals surface area contributed by atoms with Gasteiger partial charge in [-0.1, -0.05) is 24.3 Å². The van der Waals surface area contributed by atoms with Crippen LogP contribution in [0.1, 0.15) is 35.7 Å². The Labute approximate surface area is 158 Å². The number of carbonyl (C=O) groups is 2. The second-order valence-corrected chi connectivity index (χ2v) is 7.47. The SMILES string of the molecule is CC1Cc2ccccc2N1C(=O)C1CCN(C(=O)c2cccc(F)c2)CC1. The third kappa shape index (κ3) is 3.34. The van der Waals surface area contributed by atoms with Crippen molar-refractivity contribution in [1.82, 2.24) is 4.90 Å². The van der Waals surface area contributed by atoms with Crippen LogP contribution in [-0.4, -0.2) is 35.8 Å². The molecule has 0 spiro atoms. The van der Waals surface area contributed by atoms with Gasteiger partial charge in [0, 0.05) is 36.3 Å². The van der Waals surface area contributed by atoms with E-state index in [1.54, 1.807) is 17.0 Å². The molecule has 1 unspecified atom stereocenters. The van der Waals surface area contributed by atoms with Gasteiger partial charge in [-0.05, 0) is 56.0 Å². The van der Waals surface area contributed by atoms with Crippen molar-refractivity contribution >= 4 is 17.5 Å². The number of halogens is 1. The number of hydrogen-bond donors (Lipinski definition) is 0. The number of rotatable bonds is 2. The summed E-state index contributed by atoms with van der Waals surface area (Å²) in [6, 6.07) is 14.0. The molecule has 2 heterocycles. The molecular weight excluding hydrogens is 343 g/mol. The molecule has 0 aliphatic carbocycles. The second kappa shape index (κ2) is 7.14. The smallest absolute Gasteiger partial charge is 0.253 e. The van der Waals surface area contributed by atoms with Crippen molar-refractivity contribution in [2.24, 2.45) is 5.92 Å². The van der Waals surface area contributed by atoms with Gasteiger partial charge in [0.25, 0.3) is 5.91 Å². The Kier molecular flexibility index (Phi) is 4.68. The molecule has 4 nitrogen and oxygen atoms in total. The lowest BCUT2D eigenvalue weighted by Crippen LogP contribution is -2.46. The molecule has 2 amide bonds. The van der Waals surface area contributed by atoms with Crippen LogP contribution >= 0.6 is 0 Å². The summed E-state index contributed by atoms with van der Waals surface area (Å²) in [6.07, 6.45) is 2.18. The van der Waals surface area contributed by atoms with Gasteiger partial charge in [0.2, 0.25) is 5.91 Å². The van der Waals surface area contributed by atoms with Gasteiger partial charge in [-0.25, -0.2) is 4.39 Å². The van der Waals surface area contributed by atoms with Gasteiger partial charge in [0.15, 0.2) is 0 Å². The molecule has 140 valence electrons. The van der Waals surface area contributed by atoms with Crippen LogP contribution in [0.5, 0.6) is 0 Å². The fraction of sp³-hybridized carbons (Fsp3) is 0.364. The molecule has 5 heteroatoms. The molecule has 2 aliphatic rings. The number of para-hydroxylation sites is 1. The third-order valence-electron chi connectivity index (χ3n) is 5.65. The van der Waals surface area contributed by atoms with E-state index in [-0.39, 0.29) is 23.8 Å². The highest BCUT2D eigenvalue weighted by Gasteiger charge is 2.36. The highest BCUT2D eigenvalue weighted by Crippen LogP contribution is 2.34. The number of likely N-dealkylation sites (tertiary alicyclic amines) is 1. The van der Waals surface area contributed by atoms with Crippen LogP contribution < -0.4 is 4.90 Å². The van der Waals surface area contributed by atoms with Crippen LogP contribution in [0.2, 0.25) is 0 Å². The van der Waals surface area contributed by atoms with Gasteiger partial charge in [-0.15, -0.1) is 0 Å². The average Bonchev–Trinajstić information content (AvgIpc) is 3.02. The predicted molar refractivity (Wildman–Crippen MR) is 102 cm³/mol. The quantitative estimate of drug-likeness (QED) is 0.814. The van der Waals surface area contributed by atoms with Gasteiger partial charge in [-0.2, -0.15) is 0 Å². The number of carbonyl (C=O) groups excluding carboxylic acids is 2. The topological polar surface area (TPSA) is 40.6 Å². The predicted octanol–water partition coefficient (Wildman–Crippen LogP) is 3.66. The van der Waals surface area contributed by atoms with E-state index in [1.165, 1.54) is 17.7 Å². The summed E-state index contributed by atoms with van der Waals surface area (Å²) in [4.78, 5) is 29.4. The number of nitrogens with zero attached hydrogens (tertiary/aromatic N) is 2. The molecule has 1 fully saturated rings. The molecule has 1 saturated heterocycles. The fourth-order valence-electron chi connectivity index (χ4n) is 4.23. The van der Waals surface area contributed by atoms with E-state index in [0.717, 1.165) is 12.1 Å².